The fraction of sp³-hybridized carbons (Fsp3) is 0.333. The maximum absolute atomic E-state index is 12.3. The normalized spacial score (nSPS) is 13.5. The van der Waals surface area contributed by atoms with Gasteiger partial charge in [0.25, 0.3) is 0 Å². The van der Waals surface area contributed by atoms with Crippen molar-refractivity contribution in [3.8, 4) is 5.75 Å². The number of rotatable bonds is 6. The molecule has 1 aromatic carbocycles. The molecule has 2 aromatic heterocycles. The van der Waals surface area contributed by atoms with Gasteiger partial charge in [-0.2, -0.15) is 0 Å². The van der Waals surface area contributed by atoms with Crippen LogP contribution < -0.4 is 9.64 Å². The quantitative estimate of drug-likeness (QED) is 0.612. The Kier molecular flexibility index (Phi) is 4.71. The topological polar surface area (TPSA) is 64.8 Å². The van der Waals surface area contributed by atoms with Crippen LogP contribution >= 0.6 is 0 Å². The Balaban J connectivity index is 1.58. The molecule has 0 saturated carbocycles. The molecule has 0 N–H and O–H groups in total. The summed E-state index contributed by atoms with van der Waals surface area (Å²) in [4.78, 5) is 19.0. The van der Waals surface area contributed by atoms with Gasteiger partial charge in [0.2, 0.25) is 0 Å². The molecular weight excluding hydrogens is 344 g/mol. The molecule has 0 aliphatic carbocycles. The molecule has 0 unspecified atom stereocenters. The minimum Gasteiger partial charge on any atom is -0.489 e. The third-order valence-corrected chi connectivity index (χ3v) is 4.73. The van der Waals surface area contributed by atoms with Crippen LogP contribution in [-0.4, -0.2) is 30.6 Å². The fourth-order valence-corrected chi connectivity index (χ4v) is 3.26. The molecule has 0 radical (unpaired) electrons. The molecule has 4 rings (SSSR count). The van der Waals surface area contributed by atoms with Crippen LogP contribution in [0.4, 0.5) is 5.82 Å². The number of carbonyl (C=O) groups excluding carboxylic acids is 1. The number of esters is 1. The first kappa shape index (κ1) is 17.4. The number of carbonyl (C=O) groups is 1. The molecule has 3 heterocycles. The van der Waals surface area contributed by atoms with E-state index in [0.717, 1.165) is 24.5 Å². The minimum absolute atomic E-state index is 0.321. The van der Waals surface area contributed by atoms with Gasteiger partial charge in [-0.1, -0.05) is 6.07 Å². The van der Waals surface area contributed by atoms with Gasteiger partial charge in [-0.15, -0.1) is 0 Å². The van der Waals surface area contributed by atoms with E-state index in [1.165, 1.54) is 6.42 Å². The maximum atomic E-state index is 12.3. The van der Waals surface area contributed by atoms with Crippen molar-refractivity contribution in [2.45, 2.75) is 26.9 Å². The minimum atomic E-state index is -0.377. The van der Waals surface area contributed by atoms with E-state index in [1.54, 1.807) is 13.8 Å². The van der Waals surface area contributed by atoms with Crippen LogP contribution in [0.2, 0.25) is 0 Å². The van der Waals surface area contributed by atoms with Crippen LogP contribution in [0.25, 0.3) is 11.0 Å². The number of ether oxygens (including phenoxy) is 2. The van der Waals surface area contributed by atoms with Crippen molar-refractivity contribution in [1.29, 1.82) is 0 Å². The summed E-state index contributed by atoms with van der Waals surface area (Å²) >= 11 is 0. The van der Waals surface area contributed by atoms with Crippen molar-refractivity contribution in [2.24, 2.45) is 0 Å². The van der Waals surface area contributed by atoms with E-state index >= 15 is 0 Å². The molecule has 1 aliphatic rings. The van der Waals surface area contributed by atoms with Gasteiger partial charge < -0.3 is 18.8 Å². The number of aromatic nitrogens is 1. The van der Waals surface area contributed by atoms with Crippen LogP contribution in [-0.2, 0) is 11.3 Å². The first-order valence-corrected chi connectivity index (χ1v) is 9.19. The van der Waals surface area contributed by atoms with Crippen LogP contribution in [0, 0.1) is 6.92 Å². The van der Waals surface area contributed by atoms with Gasteiger partial charge in [0.1, 0.15) is 35.1 Å². The molecule has 3 aromatic rings. The lowest BCUT2D eigenvalue weighted by Crippen LogP contribution is -2.38. The molecule has 1 aliphatic heterocycles. The average Bonchev–Trinajstić information content (AvgIpc) is 2.95. The van der Waals surface area contributed by atoms with Crippen molar-refractivity contribution in [3.05, 3.63) is 53.4 Å². The van der Waals surface area contributed by atoms with E-state index < -0.39 is 0 Å². The summed E-state index contributed by atoms with van der Waals surface area (Å²) in [5.41, 5.74) is 2.15. The van der Waals surface area contributed by atoms with Crippen LogP contribution in [0.15, 0.2) is 40.9 Å². The second-order valence-electron chi connectivity index (χ2n) is 6.53. The number of aryl methyl sites for hydroxylation is 1. The Morgan fingerprint density at radius 1 is 1.30 bits per heavy atom. The molecule has 1 fully saturated rings. The standard InChI is InChI=1S/C21H22N2O4/c1-3-25-21(24)19-14(2)27-18-8-7-16(12-17(18)19)26-13-15-6-4-9-22-20(15)23-10-5-11-23/h4,6-9,12H,3,5,10-11,13H2,1-2H3. The van der Waals surface area contributed by atoms with E-state index in [1.807, 2.05) is 36.5 Å². The number of hydrogen-bond acceptors (Lipinski definition) is 6. The largest absolute Gasteiger partial charge is 0.489 e. The number of anilines is 1. The van der Waals surface area contributed by atoms with E-state index in [2.05, 4.69) is 9.88 Å². The van der Waals surface area contributed by atoms with Crippen molar-refractivity contribution in [1.82, 2.24) is 4.98 Å². The zero-order valence-corrected chi connectivity index (χ0v) is 15.5. The molecule has 6 heteroatoms. The second-order valence-corrected chi connectivity index (χ2v) is 6.53. The van der Waals surface area contributed by atoms with E-state index in [9.17, 15) is 4.79 Å². The lowest BCUT2D eigenvalue weighted by Gasteiger charge is -2.33. The van der Waals surface area contributed by atoms with Gasteiger partial charge >= 0.3 is 5.97 Å². The Labute approximate surface area is 157 Å². The SMILES string of the molecule is CCOC(=O)c1c(C)oc2ccc(OCc3cccnc3N3CCC3)cc12. The average molecular weight is 366 g/mol. The molecule has 27 heavy (non-hydrogen) atoms. The van der Waals surface area contributed by atoms with E-state index in [-0.39, 0.29) is 5.97 Å². The van der Waals surface area contributed by atoms with Crippen molar-refractivity contribution in [2.75, 3.05) is 24.6 Å². The number of hydrogen-bond donors (Lipinski definition) is 0. The van der Waals surface area contributed by atoms with Gasteiger partial charge in [-0.05, 0) is 44.5 Å². The maximum Gasteiger partial charge on any atom is 0.342 e. The molecule has 0 spiro atoms. The second kappa shape index (κ2) is 7.31. The summed E-state index contributed by atoms with van der Waals surface area (Å²) in [7, 11) is 0. The highest BCUT2D eigenvalue weighted by atomic mass is 16.5. The van der Waals surface area contributed by atoms with Crippen molar-refractivity contribution in [3.63, 3.8) is 0 Å². The summed E-state index contributed by atoms with van der Waals surface area (Å²) in [6, 6.07) is 9.45. The molecular formula is C21H22N2O4. The first-order chi connectivity index (χ1) is 13.2. The number of benzene rings is 1. The van der Waals surface area contributed by atoms with Gasteiger partial charge in [0.05, 0.1) is 6.61 Å². The van der Waals surface area contributed by atoms with Crippen molar-refractivity contribution < 1.29 is 18.7 Å². The number of nitrogens with zero attached hydrogens (tertiary/aromatic N) is 2. The highest BCUT2D eigenvalue weighted by Gasteiger charge is 2.21. The predicted molar refractivity (Wildman–Crippen MR) is 102 cm³/mol. The Morgan fingerprint density at radius 3 is 2.89 bits per heavy atom. The summed E-state index contributed by atoms with van der Waals surface area (Å²) in [5.74, 6) is 1.83. The summed E-state index contributed by atoms with van der Waals surface area (Å²) < 4.78 is 16.8. The summed E-state index contributed by atoms with van der Waals surface area (Å²) in [6.07, 6.45) is 3.01. The Hall–Kier alpha value is -3.02. The smallest absolute Gasteiger partial charge is 0.342 e. The first-order valence-electron chi connectivity index (χ1n) is 9.19. The monoisotopic (exact) mass is 366 g/mol. The molecule has 6 nitrogen and oxygen atoms in total. The number of furan rings is 1. The molecule has 0 atom stereocenters. The van der Waals surface area contributed by atoms with Crippen LogP contribution in [0.3, 0.4) is 0 Å². The zero-order valence-electron chi connectivity index (χ0n) is 15.5. The summed E-state index contributed by atoms with van der Waals surface area (Å²) in [5, 5.41) is 0.706. The Bertz CT molecular complexity index is 975. The third-order valence-electron chi connectivity index (χ3n) is 4.73. The van der Waals surface area contributed by atoms with Gasteiger partial charge in [0, 0.05) is 30.2 Å². The van der Waals surface area contributed by atoms with Gasteiger partial charge in [-0.3, -0.25) is 0 Å². The molecule has 1 saturated heterocycles. The van der Waals surface area contributed by atoms with Crippen LogP contribution in [0.5, 0.6) is 5.75 Å². The van der Waals surface area contributed by atoms with Gasteiger partial charge in [-0.25, -0.2) is 9.78 Å². The molecule has 140 valence electrons. The Morgan fingerprint density at radius 2 is 2.15 bits per heavy atom. The lowest BCUT2D eigenvalue weighted by molar-refractivity contribution is 0.0526. The van der Waals surface area contributed by atoms with Crippen molar-refractivity contribution >= 4 is 22.8 Å². The molecule has 0 amide bonds. The highest BCUT2D eigenvalue weighted by molar-refractivity contribution is 6.04. The van der Waals surface area contributed by atoms with Crippen LogP contribution in [0.1, 0.15) is 35.0 Å². The third kappa shape index (κ3) is 3.35. The number of fused-ring (bicyclic) bond motifs is 1. The zero-order chi connectivity index (χ0) is 18.8. The van der Waals surface area contributed by atoms with Gasteiger partial charge in [0.15, 0.2) is 0 Å². The summed E-state index contributed by atoms with van der Waals surface area (Å²) in [6.45, 7) is 6.36. The fourth-order valence-electron chi connectivity index (χ4n) is 3.26. The van der Waals surface area contributed by atoms with E-state index in [0.29, 0.717) is 41.3 Å². The molecule has 0 bridgehead atoms. The lowest BCUT2D eigenvalue weighted by atomic mass is 10.1. The number of pyridine rings is 1. The predicted octanol–water partition coefficient (Wildman–Crippen LogP) is 4.10. The van der Waals surface area contributed by atoms with E-state index in [4.69, 9.17) is 13.9 Å². The highest BCUT2D eigenvalue weighted by Crippen LogP contribution is 2.30.